The van der Waals surface area contributed by atoms with Crippen LogP contribution in [-0.4, -0.2) is 33.2 Å². The van der Waals surface area contributed by atoms with E-state index in [0.717, 1.165) is 38.2 Å². The fourth-order valence-electron chi connectivity index (χ4n) is 4.23. The number of nitro groups is 2. The predicted octanol–water partition coefficient (Wildman–Crippen LogP) is 3.61. The summed E-state index contributed by atoms with van der Waals surface area (Å²) in [6.45, 7) is 2.09. The summed E-state index contributed by atoms with van der Waals surface area (Å²) in [6, 6.07) is 2.25. The van der Waals surface area contributed by atoms with Gasteiger partial charge in [-0.1, -0.05) is 12.8 Å². The Bertz CT molecular complexity index is 731. The molecule has 0 radical (unpaired) electrons. The second-order valence-electron chi connectivity index (χ2n) is 6.90. The molecule has 1 aromatic carbocycles. The first kappa shape index (κ1) is 17.3. The van der Waals surface area contributed by atoms with Crippen LogP contribution < -0.4 is 0 Å². The van der Waals surface area contributed by atoms with Crippen LogP contribution >= 0.6 is 0 Å². The third-order valence-corrected chi connectivity index (χ3v) is 5.51. The molecule has 1 saturated carbocycles. The van der Waals surface area contributed by atoms with Gasteiger partial charge in [0.1, 0.15) is 0 Å². The van der Waals surface area contributed by atoms with Crippen molar-refractivity contribution < 1.29 is 14.6 Å². The van der Waals surface area contributed by atoms with Gasteiger partial charge in [-0.15, -0.1) is 0 Å². The smallest absolute Gasteiger partial charge is 0.279 e. The Kier molecular flexibility index (Phi) is 4.69. The summed E-state index contributed by atoms with van der Waals surface area (Å²) in [7, 11) is 0. The maximum atomic E-state index is 13.1. The van der Waals surface area contributed by atoms with Crippen molar-refractivity contribution in [2.45, 2.75) is 51.5 Å². The highest BCUT2D eigenvalue weighted by Gasteiger charge is 2.37. The molecular weight excluding hydrogens is 326 g/mol. The number of piperidine rings is 1. The minimum absolute atomic E-state index is 0.0760. The van der Waals surface area contributed by atoms with Crippen LogP contribution in [0.3, 0.4) is 0 Å². The van der Waals surface area contributed by atoms with Crippen LogP contribution in [0.1, 0.15) is 54.4 Å². The van der Waals surface area contributed by atoms with Gasteiger partial charge in [0.05, 0.1) is 21.5 Å². The molecule has 1 heterocycles. The van der Waals surface area contributed by atoms with Crippen molar-refractivity contribution in [1.29, 1.82) is 0 Å². The van der Waals surface area contributed by atoms with Gasteiger partial charge in [-0.2, -0.15) is 0 Å². The standard InChI is InChI=1S/C17H21N3O5/c1-11-14(9-13(19(22)23)10-16(11)20(24)25)17(21)18-8-4-6-12-5-2-3-7-15(12)18/h9-10,12,15H,2-8H2,1H3. The summed E-state index contributed by atoms with van der Waals surface area (Å²) in [5, 5.41) is 22.4. The second kappa shape index (κ2) is 6.78. The maximum absolute atomic E-state index is 13.1. The van der Waals surface area contributed by atoms with E-state index >= 15 is 0 Å². The fraction of sp³-hybridized carbons (Fsp3) is 0.588. The quantitative estimate of drug-likeness (QED) is 0.613. The number of benzene rings is 1. The molecule has 8 heteroatoms. The Balaban J connectivity index is 2.01. The average Bonchev–Trinajstić information content (AvgIpc) is 2.60. The number of nitro benzene ring substituents is 2. The Morgan fingerprint density at radius 2 is 1.76 bits per heavy atom. The van der Waals surface area contributed by atoms with Crippen LogP contribution in [0.4, 0.5) is 11.4 Å². The number of rotatable bonds is 3. The first-order valence-corrected chi connectivity index (χ1v) is 8.64. The number of hydrogen-bond acceptors (Lipinski definition) is 5. The Morgan fingerprint density at radius 1 is 1.08 bits per heavy atom. The number of carbonyl (C=O) groups excluding carboxylic acids is 1. The molecule has 1 aromatic rings. The summed E-state index contributed by atoms with van der Waals surface area (Å²) >= 11 is 0. The number of carbonyl (C=O) groups is 1. The van der Waals surface area contributed by atoms with Crippen LogP contribution in [0.2, 0.25) is 0 Å². The Hall–Kier alpha value is -2.51. The molecule has 0 bridgehead atoms. The molecule has 134 valence electrons. The summed E-state index contributed by atoms with van der Waals surface area (Å²) in [5.41, 5.74) is -0.529. The van der Waals surface area contributed by atoms with E-state index in [0.29, 0.717) is 12.5 Å². The van der Waals surface area contributed by atoms with Gasteiger partial charge in [0.2, 0.25) is 0 Å². The molecule has 2 atom stereocenters. The van der Waals surface area contributed by atoms with Crippen molar-refractivity contribution in [3.8, 4) is 0 Å². The molecule has 0 aromatic heterocycles. The van der Waals surface area contributed by atoms with Gasteiger partial charge in [0.15, 0.2) is 0 Å². The normalized spacial score (nSPS) is 23.0. The lowest BCUT2D eigenvalue weighted by Crippen LogP contribution is -2.49. The van der Waals surface area contributed by atoms with E-state index in [1.54, 1.807) is 4.90 Å². The van der Waals surface area contributed by atoms with Crippen LogP contribution in [0.5, 0.6) is 0 Å². The predicted molar refractivity (Wildman–Crippen MR) is 90.5 cm³/mol. The highest BCUT2D eigenvalue weighted by Crippen LogP contribution is 2.37. The maximum Gasteiger partial charge on any atom is 0.279 e. The van der Waals surface area contributed by atoms with Gasteiger partial charge in [-0.3, -0.25) is 25.0 Å². The van der Waals surface area contributed by atoms with E-state index in [-0.39, 0.29) is 28.8 Å². The van der Waals surface area contributed by atoms with Crippen molar-refractivity contribution >= 4 is 17.3 Å². The topological polar surface area (TPSA) is 107 Å². The third kappa shape index (κ3) is 3.20. The van der Waals surface area contributed by atoms with Crippen LogP contribution in [-0.2, 0) is 0 Å². The summed E-state index contributed by atoms with van der Waals surface area (Å²) < 4.78 is 0. The van der Waals surface area contributed by atoms with Crippen molar-refractivity contribution in [2.24, 2.45) is 5.92 Å². The molecule has 3 rings (SSSR count). The van der Waals surface area contributed by atoms with E-state index in [1.807, 2.05) is 0 Å². The molecule has 1 aliphatic carbocycles. The van der Waals surface area contributed by atoms with Crippen LogP contribution in [0.25, 0.3) is 0 Å². The summed E-state index contributed by atoms with van der Waals surface area (Å²) in [5.74, 6) is 0.154. The van der Waals surface area contributed by atoms with Crippen LogP contribution in [0.15, 0.2) is 12.1 Å². The van der Waals surface area contributed by atoms with E-state index in [9.17, 15) is 25.0 Å². The number of non-ortho nitro benzene ring substituents is 1. The van der Waals surface area contributed by atoms with Gasteiger partial charge in [-0.05, 0) is 38.5 Å². The first-order valence-electron chi connectivity index (χ1n) is 8.64. The highest BCUT2D eigenvalue weighted by molar-refractivity contribution is 5.97. The molecule has 25 heavy (non-hydrogen) atoms. The van der Waals surface area contributed by atoms with Gasteiger partial charge in [0.25, 0.3) is 17.3 Å². The van der Waals surface area contributed by atoms with E-state index in [2.05, 4.69) is 0 Å². The largest absolute Gasteiger partial charge is 0.335 e. The third-order valence-electron chi connectivity index (χ3n) is 5.51. The minimum atomic E-state index is -0.692. The molecule has 1 aliphatic heterocycles. The van der Waals surface area contributed by atoms with Crippen molar-refractivity contribution in [1.82, 2.24) is 4.90 Å². The zero-order valence-corrected chi connectivity index (χ0v) is 14.1. The lowest BCUT2D eigenvalue weighted by Gasteiger charge is -2.44. The monoisotopic (exact) mass is 347 g/mol. The van der Waals surface area contributed by atoms with Gasteiger partial charge in [0, 0.05) is 24.2 Å². The molecule has 0 spiro atoms. The highest BCUT2D eigenvalue weighted by atomic mass is 16.6. The SMILES string of the molecule is Cc1c(C(=O)N2CCCC3CCCCC32)cc([N+](=O)[O-])cc1[N+](=O)[O-]. The first-order chi connectivity index (χ1) is 11.9. The Morgan fingerprint density at radius 3 is 2.44 bits per heavy atom. The average molecular weight is 347 g/mol. The van der Waals surface area contributed by atoms with Crippen molar-refractivity contribution in [3.05, 3.63) is 43.5 Å². The Labute approximate surface area is 145 Å². The molecule has 2 unspecified atom stereocenters. The molecule has 8 nitrogen and oxygen atoms in total. The number of nitrogens with zero attached hydrogens (tertiary/aromatic N) is 3. The molecule has 2 fully saturated rings. The number of likely N-dealkylation sites (tertiary alicyclic amines) is 1. The van der Waals surface area contributed by atoms with E-state index in [4.69, 9.17) is 0 Å². The van der Waals surface area contributed by atoms with E-state index in [1.165, 1.54) is 19.4 Å². The second-order valence-corrected chi connectivity index (χ2v) is 6.90. The summed E-state index contributed by atoms with van der Waals surface area (Å²) in [6.07, 6.45) is 6.28. The minimum Gasteiger partial charge on any atom is -0.335 e. The molecule has 1 saturated heterocycles. The molecule has 1 amide bonds. The molecular formula is C17H21N3O5. The molecule has 0 N–H and O–H groups in total. The summed E-state index contributed by atoms with van der Waals surface area (Å²) in [4.78, 5) is 35.9. The van der Waals surface area contributed by atoms with Gasteiger partial charge in [-0.25, -0.2) is 0 Å². The number of hydrogen-bond donors (Lipinski definition) is 0. The zero-order valence-electron chi connectivity index (χ0n) is 14.1. The lowest BCUT2D eigenvalue weighted by molar-refractivity contribution is -0.394. The van der Waals surface area contributed by atoms with Gasteiger partial charge < -0.3 is 4.90 Å². The van der Waals surface area contributed by atoms with Gasteiger partial charge >= 0.3 is 0 Å². The zero-order chi connectivity index (χ0) is 18.1. The lowest BCUT2D eigenvalue weighted by atomic mass is 9.78. The molecule has 2 aliphatic rings. The fourth-order valence-corrected chi connectivity index (χ4v) is 4.23. The number of amides is 1. The number of fused-ring (bicyclic) bond motifs is 1. The van der Waals surface area contributed by atoms with E-state index < -0.39 is 15.5 Å². The van der Waals surface area contributed by atoms with Crippen LogP contribution in [0, 0.1) is 33.1 Å². The van der Waals surface area contributed by atoms with Crippen molar-refractivity contribution in [3.63, 3.8) is 0 Å². The van der Waals surface area contributed by atoms with Crippen molar-refractivity contribution in [2.75, 3.05) is 6.54 Å².